The molecule has 0 amide bonds. The number of methoxy groups -OCH3 is 1. The molecular formula is C15H15ClN2O2. The standard InChI is InChI=1S/C15H15ClN2O2/c1-20-10-4-5-13-11(8-10)14(18-6-2-3-7-18)12(9-19)15(16)17-13/h4-5,8-9H,2-3,6-7H2,1H3. The van der Waals surface area contributed by atoms with Gasteiger partial charge in [-0.25, -0.2) is 4.98 Å². The van der Waals surface area contributed by atoms with Gasteiger partial charge in [-0.1, -0.05) is 11.6 Å². The monoisotopic (exact) mass is 290 g/mol. The lowest BCUT2D eigenvalue weighted by Gasteiger charge is -2.22. The van der Waals surface area contributed by atoms with Crippen LogP contribution in [0.2, 0.25) is 5.15 Å². The molecule has 5 heteroatoms. The molecule has 0 N–H and O–H groups in total. The number of aromatic nitrogens is 1. The van der Waals surface area contributed by atoms with Gasteiger partial charge >= 0.3 is 0 Å². The first kappa shape index (κ1) is 13.2. The molecule has 0 atom stereocenters. The predicted octanol–water partition coefficient (Wildman–Crippen LogP) is 3.31. The molecule has 1 saturated heterocycles. The molecule has 3 rings (SSSR count). The van der Waals surface area contributed by atoms with Gasteiger partial charge in [-0.15, -0.1) is 0 Å². The molecule has 1 fully saturated rings. The lowest BCUT2D eigenvalue weighted by molar-refractivity contribution is 0.112. The molecule has 0 bridgehead atoms. The Labute approximate surface area is 122 Å². The molecule has 1 aromatic heterocycles. The average Bonchev–Trinajstić information content (AvgIpc) is 2.99. The molecule has 2 heterocycles. The highest BCUT2D eigenvalue weighted by atomic mass is 35.5. The molecule has 0 unspecified atom stereocenters. The summed E-state index contributed by atoms with van der Waals surface area (Å²) < 4.78 is 5.28. The molecule has 4 nitrogen and oxygen atoms in total. The molecule has 0 aliphatic carbocycles. The number of halogens is 1. The van der Waals surface area contributed by atoms with Gasteiger partial charge in [-0.05, 0) is 31.0 Å². The maximum atomic E-state index is 11.4. The number of fused-ring (bicyclic) bond motifs is 1. The van der Waals surface area contributed by atoms with Gasteiger partial charge in [0.25, 0.3) is 0 Å². The van der Waals surface area contributed by atoms with E-state index in [4.69, 9.17) is 16.3 Å². The van der Waals surface area contributed by atoms with Gasteiger partial charge in [0.2, 0.25) is 0 Å². The lowest BCUT2D eigenvalue weighted by Crippen LogP contribution is -2.20. The first-order valence-corrected chi connectivity index (χ1v) is 7.00. The molecule has 1 aliphatic rings. The number of ether oxygens (including phenoxy) is 1. The normalized spacial score (nSPS) is 14.8. The fourth-order valence-corrected chi connectivity index (χ4v) is 2.95. The van der Waals surface area contributed by atoms with Crippen molar-refractivity contribution in [3.05, 3.63) is 28.9 Å². The number of carbonyl (C=O) groups excluding carboxylic acids is 1. The van der Waals surface area contributed by atoms with Crippen molar-refractivity contribution >= 4 is 34.5 Å². The summed E-state index contributed by atoms with van der Waals surface area (Å²) in [5, 5.41) is 1.18. The topological polar surface area (TPSA) is 42.4 Å². The molecule has 0 saturated carbocycles. The second kappa shape index (κ2) is 5.29. The fraction of sp³-hybridized carbons (Fsp3) is 0.333. The quantitative estimate of drug-likeness (QED) is 0.642. The largest absolute Gasteiger partial charge is 0.497 e. The van der Waals surface area contributed by atoms with Crippen molar-refractivity contribution in [1.82, 2.24) is 4.98 Å². The molecule has 104 valence electrons. The van der Waals surface area contributed by atoms with E-state index in [1.165, 1.54) is 0 Å². The van der Waals surface area contributed by atoms with Gasteiger partial charge in [0.05, 0.1) is 23.9 Å². The van der Waals surface area contributed by atoms with E-state index in [0.29, 0.717) is 5.56 Å². The zero-order valence-electron chi connectivity index (χ0n) is 11.2. The van der Waals surface area contributed by atoms with Crippen molar-refractivity contribution in [3.8, 4) is 5.75 Å². The van der Waals surface area contributed by atoms with Crippen molar-refractivity contribution in [2.24, 2.45) is 0 Å². The number of benzene rings is 1. The van der Waals surface area contributed by atoms with Gasteiger partial charge in [-0.3, -0.25) is 4.79 Å². The third-order valence-corrected chi connectivity index (χ3v) is 3.98. The number of nitrogens with zero attached hydrogens (tertiary/aromatic N) is 2. The number of pyridine rings is 1. The van der Waals surface area contributed by atoms with Crippen LogP contribution in [0.4, 0.5) is 5.69 Å². The molecule has 1 aliphatic heterocycles. The summed E-state index contributed by atoms with van der Waals surface area (Å²) in [5.41, 5.74) is 2.13. The third-order valence-electron chi connectivity index (χ3n) is 3.69. The van der Waals surface area contributed by atoms with Crippen LogP contribution in [0.25, 0.3) is 10.9 Å². The van der Waals surface area contributed by atoms with Crippen molar-refractivity contribution in [2.45, 2.75) is 12.8 Å². The zero-order chi connectivity index (χ0) is 14.1. The van der Waals surface area contributed by atoms with Crippen LogP contribution in [-0.2, 0) is 0 Å². The Hall–Kier alpha value is -1.81. The number of carbonyl (C=O) groups is 1. The minimum atomic E-state index is 0.263. The maximum Gasteiger partial charge on any atom is 0.155 e. The predicted molar refractivity (Wildman–Crippen MR) is 80.1 cm³/mol. The van der Waals surface area contributed by atoms with Crippen LogP contribution >= 0.6 is 11.6 Å². The minimum Gasteiger partial charge on any atom is -0.497 e. The Morgan fingerprint density at radius 1 is 1.35 bits per heavy atom. The van der Waals surface area contributed by atoms with E-state index in [9.17, 15) is 4.79 Å². The minimum absolute atomic E-state index is 0.263. The Morgan fingerprint density at radius 3 is 2.75 bits per heavy atom. The fourth-order valence-electron chi connectivity index (χ4n) is 2.72. The summed E-state index contributed by atoms with van der Waals surface area (Å²) in [7, 11) is 1.63. The van der Waals surface area contributed by atoms with Gasteiger partial charge in [0, 0.05) is 18.5 Å². The first-order valence-electron chi connectivity index (χ1n) is 6.62. The Morgan fingerprint density at radius 2 is 2.10 bits per heavy atom. The summed E-state index contributed by atoms with van der Waals surface area (Å²) in [5.74, 6) is 0.749. The lowest BCUT2D eigenvalue weighted by atomic mass is 10.1. The Balaban J connectivity index is 2.32. The molecule has 20 heavy (non-hydrogen) atoms. The highest BCUT2D eigenvalue weighted by Gasteiger charge is 2.22. The summed E-state index contributed by atoms with van der Waals surface area (Å²) in [6.45, 7) is 1.88. The van der Waals surface area contributed by atoms with E-state index < -0.39 is 0 Å². The van der Waals surface area contributed by atoms with Crippen molar-refractivity contribution in [3.63, 3.8) is 0 Å². The zero-order valence-corrected chi connectivity index (χ0v) is 12.0. The van der Waals surface area contributed by atoms with E-state index in [2.05, 4.69) is 9.88 Å². The van der Waals surface area contributed by atoms with E-state index in [1.807, 2.05) is 18.2 Å². The van der Waals surface area contributed by atoms with Crippen LogP contribution < -0.4 is 9.64 Å². The van der Waals surface area contributed by atoms with Gasteiger partial charge in [-0.2, -0.15) is 0 Å². The van der Waals surface area contributed by atoms with Crippen LogP contribution in [0, 0.1) is 0 Å². The van der Waals surface area contributed by atoms with Crippen LogP contribution in [0.3, 0.4) is 0 Å². The summed E-state index contributed by atoms with van der Waals surface area (Å²) in [6.07, 6.45) is 3.05. The SMILES string of the molecule is COc1ccc2nc(Cl)c(C=O)c(N3CCCC3)c2c1. The third kappa shape index (κ3) is 2.10. The number of anilines is 1. The van der Waals surface area contributed by atoms with Crippen molar-refractivity contribution in [1.29, 1.82) is 0 Å². The Kier molecular flexibility index (Phi) is 3.49. The highest BCUT2D eigenvalue weighted by Crippen LogP contribution is 2.36. The molecule has 2 aromatic rings. The van der Waals surface area contributed by atoms with Crippen LogP contribution in [0.1, 0.15) is 23.2 Å². The second-order valence-electron chi connectivity index (χ2n) is 4.86. The maximum absolute atomic E-state index is 11.4. The smallest absolute Gasteiger partial charge is 0.155 e. The molecule has 0 spiro atoms. The summed E-state index contributed by atoms with van der Waals surface area (Å²) >= 11 is 6.16. The highest BCUT2D eigenvalue weighted by molar-refractivity contribution is 6.33. The van der Waals surface area contributed by atoms with Gasteiger partial charge < -0.3 is 9.64 Å². The summed E-state index contributed by atoms with van der Waals surface area (Å²) in [4.78, 5) is 17.9. The number of hydrogen-bond acceptors (Lipinski definition) is 4. The average molecular weight is 291 g/mol. The first-order chi connectivity index (χ1) is 9.74. The second-order valence-corrected chi connectivity index (χ2v) is 5.22. The molecule has 1 aromatic carbocycles. The van der Waals surface area contributed by atoms with E-state index in [0.717, 1.165) is 54.6 Å². The molecule has 0 radical (unpaired) electrons. The van der Waals surface area contributed by atoms with Crippen molar-refractivity contribution < 1.29 is 9.53 Å². The molecular weight excluding hydrogens is 276 g/mol. The van der Waals surface area contributed by atoms with Crippen LogP contribution in [-0.4, -0.2) is 31.5 Å². The number of aldehydes is 1. The van der Waals surface area contributed by atoms with Crippen LogP contribution in [0.15, 0.2) is 18.2 Å². The number of hydrogen-bond donors (Lipinski definition) is 0. The number of rotatable bonds is 3. The van der Waals surface area contributed by atoms with Crippen LogP contribution in [0.5, 0.6) is 5.75 Å². The Bertz CT molecular complexity index is 666. The van der Waals surface area contributed by atoms with E-state index in [-0.39, 0.29) is 5.15 Å². The van der Waals surface area contributed by atoms with Gasteiger partial charge in [0.1, 0.15) is 10.9 Å². The summed E-state index contributed by atoms with van der Waals surface area (Å²) in [6, 6.07) is 5.63. The van der Waals surface area contributed by atoms with Gasteiger partial charge in [0.15, 0.2) is 6.29 Å². The van der Waals surface area contributed by atoms with Crippen molar-refractivity contribution in [2.75, 3.05) is 25.1 Å². The van der Waals surface area contributed by atoms with E-state index in [1.54, 1.807) is 7.11 Å². The van der Waals surface area contributed by atoms with E-state index >= 15 is 0 Å².